The van der Waals surface area contributed by atoms with Crippen molar-refractivity contribution in [3.8, 4) is 0 Å². The van der Waals surface area contributed by atoms with Gasteiger partial charge in [0.2, 0.25) is 0 Å². The zero-order valence-corrected chi connectivity index (χ0v) is 12.5. The van der Waals surface area contributed by atoms with Crippen LogP contribution < -0.4 is 10.6 Å². The molecule has 2 rings (SSSR count). The van der Waals surface area contributed by atoms with Crippen LogP contribution in [0.1, 0.15) is 15.9 Å². The van der Waals surface area contributed by atoms with E-state index in [1.54, 1.807) is 31.2 Å². The number of anilines is 2. The number of methoxy groups -OCH3 is 1. The minimum Gasteiger partial charge on any atom is -0.387 e. The molecular formula is C15H20N4O2. The molecule has 0 saturated heterocycles. The average molecular weight is 288 g/mol. The number of amides is 1. The van der Waals surface area contributed by atoms with E-state index in [1.807, 2.05) is 25.1 Å². The van der Waals surface area contributed by atoms with E-state index in [9.17, 15) is 4.79 Å². The van der Waals surface area contributed by atoms with Crippen molar-refractivity contribution in [2.24, 2.45) is 0 Å². The molecule has 6 nitrogen and oxygen atoms in total. The zero-order valence-electron chi connectivity index (χ0n) is 12.5. The lowest BCUT2D eigenvalue weighted by molar-refractivity contribution is 0.102. The molecule has 2 aromatic rings. The fourth-order valence-corrected chi connectivity index (χ4v) is 2.00. The van der Waals surface area contributed by atoms with Gasteiger partial charge in [-0.2, -0.15) is 5.10 Å². The van der Waals surface area contributed by atoms with Gasteiger partial charge in [0, 0.05) is 26.0 Å². The second kappa shape index (κ2) is 6.90. The van der Waals surface area contributed by atoms with Crippen LogP contribution in [0.2, 0.25) is 0 Å². The third kappa shape index (κ3) is 3.82. The van der Waals surface area contributed by atoms with Gasteiger partial charge in [-0.05, 0) is 19.1 Å². The summed E-state index contributed by atoms with van der Waals surface area (Å²) in [6.07, 6.45) is 3.41. The van der Waals surface area contributed by atoms with Gasteiger partial charge in [-0.15, -0.1) is 0 Å². The Kier molecular flexibility index (Phi) is 4.94. The number of aryl methyl sites for hydroxylation is 1. The fourth-order valence-electron chi connectivity index (χ4n) is 2.00. The van der Waals surface area contributed by atoms with E-state index in [4.69, 9.17) is 4.74 Å². The number of aromatic nitrogens is 2. The highest BCUT2D eigenvalue weighted by molar-refractivity contribution is 6.08. The van der Waals surface area contributed by atoms with Gasteiger partial charge in [0.1, 0.15) is 0 Å². The number of nitrogens with zero attached hydrogens (tertiary/aromatic N) is 2. The fraction of sp³-hybridized carbons (Fsp3) is 0.333. The van der Waals surface area contributed by atoms with Crippen LogP contribution in [0.3, 0.4) is 0 Å². The predicted molar refractivity (Wildman–Crippen MR) is 82.8 cm³/mol. The largest absolute Gasteiger partial charge is 0.387 e. The number of hydrogen-bond donors (Lipinski definition) is 2. The first-order valence-electron chi connectivity index (χ1n) is 6.75. The molecule has 0 atom stereocenters. The van der Waals surface area contributed by atoms with E-state index in [-0.39, 0.29) is 5.91 Å². The average Bonchev–Trinajstić information content (AvgIpc) is 2.92. The molecular weight excluding hydrogens is 268 g/mol. The van der Waals surface area contributed by atoms with Crippen molar-refractivity contribution >= 4 is 17.3 Å². The Morgan fingerprint density at radius 1 is 1.43 bits per heavy atom. The van der Waals surface area contributed by atoms with Gasteiger partial charge in [0.05, 0.1) is 30.6 Å². The van der Waals surface area contributed by atoms with Crippen molar-refractivity contribution in [1.29, 1.82) is 0 Å². The molecule has 0 spiro atoms. The molecule has 1 aromatic heterocycles. The Morgan fingerprint density at radius 3 is 2.95 bits per heavy atom. The SMILES string of the molecule is CNc1ccc(C)cc1C(=O)Nc1cnn(CCOC)c1. The van der Waals surface area contributed by atoms with E-state index in [1.165, 1.54) is 0 Å². The van der Waals surface area contributed by atoms with E-state index < -0.39 is 0 Å². The van der Waals surface area contributed by atoms with Gasteiger partial charge in [0.25, 0.3) is 5.91 Å². The Labute approximate surface area is 124 Å². The van der Waals surface area contributed by atoms with Crippen molar-refractivity contribution in [1.82, 2.24) is 9.78 Å². The first-order chi connectivity index (χ1) is 10.1. The van der Waals surface area contributed by atoms with Crippen LogP contribution in [0.4, 0.5) is 11.4 Å². The number of carbonyl (C=O) groups excluding carboxylic acids is 1. The molecule has 21 heavy (non-hydrogen) atoms. The summed E-state index contributed by atoms with van der Waals surface area (Å²) in [7, 11) is 3.44. The number of benzene rings is 1. The van der Waals surface area contributed by atoms with Crippen LogP contribution in [0.25, 0.3) is 0 Å². The zero-order chi connectivity index (χ0) is 15.2. The normalized spacial score (nSPS) is 10.4. The van der Waals surface area contributed by atoms with Crippen molar-refractivity contribution < 1.29 is 9.53 Å². The molecule has 112 valence electrons. The molecule has 0 aliphatic carbocycles. The minimum absolute atomic E-state index is 0.158. The first-order valence-corrected chi connectivity index (χ1v) is 6.75. The molecule has 2 N–H and O–H groups in total. The van der Waals surface area contributed by atoms with Crippen molar-refractivity contribution in [2.75, 3.05) is 31.4 Å². The number of ether oxygens (including phenoxy) is 1. The Morgan fingerprint density at radius 2 is 2.24 bits per heavy atom. The van der Waals surface area contributed by atoms with E-state index in [0.717, 1.165) is 11.3 Å². The lowest BCUT2D eigenvalue weighted by Crippen LogP contribution is -2.14. The minimum atomic E-state index is -0.158. The smallest absolute Gasteiger partial charge is 0.257 e. The van der Waals surface area contributed by atoms with Crippen molar-refractivity contribution in [3.05, 3.63) is 41.7 Å². The predicted octanol–water partition coefficient (Wildman–Crippen LogP) is 2.13. The molecule has 0 bridgehead atoms. The molecule has 0 radical (unpaired) electrons. The van der Waals surface area contributed by atoms with Crippen LogP contribution in [-0.4, -0.2) is 36.5 Å². The van der Waals surface area contributed by atoms with Gasteiger partial charge in [-0.1, -0.05) is 11.6 Å². The molecule has 1 heterocycles. The topological polar surface area (TPSA) is 68.2 Å². The Balaban J connectivity index is 2.10. The molecule has 0 aliphatic rings. The van der Waals surface area contributed by atoms with Crippen LogP contribution in [0.5, 0.6) is 0 Å². The standard InChI is InChI=1S/C15H20N4O2/c1-11-4-5-14(16-2)13(8-11)15(20)18-12-9-17-19(10-12)6-7-21-3/h4-5,8-10,16H,6-7H2,1-3H3,(H,18,20). The van der Waals surface area contributed by atoms with Crippen LogP contribution in [-0.2, 0) is 11.3 Å². The second-order valence-electron chi connectivity index (χ2n) is 4.74. The summed E-state index contributed by atoms with van der Waals surface area (Å²) in [6.45, 7) is 3.19. The summed E-state index contributed by atoms with van der Waals surface area (Å²) >= 11 is 0. The molecule has 0 saturated carbocycles. The molecule has 1 aromatic carbocycles. The quantitative estimate of drug-likeness (QED) is 0.854. The van der Waals surface area contributed by atoms with Crippen molar-refractivity contribution in [2.45, 2.75) is 13.5 Å². The summed E-state index contributed by atoms with van der Waals surface area (Å²) in [4.78, 5) is 12.4. The summed E-state index contributed by atoms with van der Waals surface area (Å²) in [5, 5.41) is 10.0. The highest BCUT2D eigenvalue weighted by Crippen LogP contribution is 2.18. The van der Waals surface area contributed by atoms with Crippen LogP contribution >= 0.6 is 0 Å². The molecule has 6 heteroatoms. The van der Waals surface area contributed by atoms with Crippen LogP contribution in [0.15, 0.2) is 30.6 Å². The van der Waals surface area contributed by atoms with Gasteiger partial charge in [0.15, 0.2) is 0 Å². The Hall–Kier alpha value is -2.34. The summed E-state index contributed by atoms with van der Waals surface area (Å²) in [5.41, 5.74) is 3.11. The summed E-state index contributed by atoms with van der Waals surface area (Å²) < 4.78 is 6.72. The summed E-state index contributed by atoms with van der Waals surface area (Å²) in [5.74, 6) is -0.158. The van der Waals surface area contributed by atoms with E-state index in [2.05, 4.69) is 15.7 Å². The molecule has 0 aliphatic heterocycles. The number of rotatable bonds is 6. The summed E-state index contributed by atoms with van der Waals surface area (Å²) in [6, 6.07) is 5.72. The Bertz CT molecular complexity index is 622. The third-order valence-electron chi connectivity index (χ3n) is 3.10. The third-order valence-corrected chi connectivity index (χ3v) is 3.10. The monoisotopic (exact) mass is 288 g/mol. The highest BCUT2D eigenvalue weighted by atomic mass is 16.5. The number of carbonyl (C=O) groups is 1. The van der Waals surface area contributed by atoms with Gasteiger partial charge in [-0.25, -0.2) is 0 Å². The second-order valence-corrected chi connectivity index (χ2v) is 4.74. The van der Waals surface area contributed by atoms with Gasteiger partial charge in [-0.3, -0.25) is 9.48 Å². The maximum Gasteiger partial charge on any atom is 0.257 e. The lowest BCUT2D eigenvalue weighted by atomic mass is 10.1. The number of hydrogen-bond acceptors (Lipinski definition) is 4. The molecule has 0 fully saturated rings. The van der Waals surface area contributed by atoms with E-state index >= 15 is 0 Å². The first kappa shape index (κ1) is 15.1. The maximum absolute atomic E-state index is 12.4. The molecule has 0 unspecified atom stereocenters. The van der Waals surface area contributed by atoms with E-state index in [0.29, 0.717) is 24.4 Å². The van der Waals surface area contributed by atoms with Crippen LogP contribution in [0, 0.1) is 6.92 Å². The van der Waals surface area contributed by atoms with Gasteiger partial charge < -0.3 is 15.4 Å². The van der Waals surface area contributed by atoms with Crippen molar-refractivity contribution in [3.63, 3.8) is 0 Å². The maximum atomic E-state index is 12.4. The highest BCUT2D eigenvalue weighted by Gasteiger charge is 2.12. The number of nitrogens with one attached hydrogen (secondary N) is 2. The lowest BCUT2D eigenvalue weighted by Gasteiger charge is -2.09. The van der Waals surface area contributed by atoms with Gasteiger partial charge >= 0.3 is 0 Å². The molecule has 1 amide bonds.